The summed E-state index contributed by atoms with van der Waals surface area (Å²) in [6.07, 6.45) is 1.93. The smallest absolute Gasteiger partial charge is 0.180 e. The van der Waals surface area contributed by atoms with Crippen molar-refractivity contribution < 1.29 is 0 Å². The quantitative estimate of drug-likeness (QED) is 0.570. The van der Waals surface area contributed by atoms with Gasteiger partial charge in [-0.2, -0.15) is 0 Å². The normalized spacial score (nSPS) is 10.4. The van der Waals surface area contributed by atoms with Crippen LogP contribution in [0.4, 0.5) is 0 Å². The molecule has 0 fully saturated rings. The highest BCUT2D eigenvalue weighted by molar-refractivity contribution is 5.60. The van der Waals surface area contributed by atoms with E-state index in [0.717, 1.165) is 11.3 Å². The van der Waals surface area contributed by atoms with E-state index in [1.54, 1.807) is 12.1 Å². The van der Waals surface area contributed by atoms with E-state index in [4.69, 9.17) is 0 Å². The molecule has 2 aliphatic rings. The van der Waals surface area contributed by atoms with Gasteiger partial charge in [0.2, 0.25) is 0 Å². The third-order valence-electron chi connectivity index (χ3n) is 1.97. The Balaban J connectivity index is 2.87. The van der Waals surface area contributed by atoms with Gasteiger partial charge in [-0.15, -0.1) is 0 Å². The van der Waals surface area contributed by atoms with Gasteiger partial charge in [0.1, 0.15) is 0 Å². The van der Waals surface area contributed by atoms with Crippen LogP contribution in [0.3, 0.4) is 0 Å². The van der Waals surface area contributed by atoms with Crippen molar-refractivity contribution in [1.82, 2.24) is 4.57 Å². The molecule has 1 aliphatic heterocycles. The summed E-state index contributed by atoms with van der Waals surface area (Å²) < 4.78 is 1.94. The lowest BCUT2D eigenvalue weighted by Crippen LogP contribution is -2.03. The molecule has 0 bridgehead atoms. The van der Waals surface area contributed by atoms with Crippen molar-refractivity contribution in [3.63, 3.8) is 0 Å². The van der Waals surface area contributed by atoms with E-state index in [1.807, 2.05) is 36.0 Å². The zero-order valence-electron chi connectivity index (χ0n) is 6.82. The van der Waals surface area contributed by atoms with E-state index in [0.29, 0.717) is 0 Å². The lowest BCUT2D eigenvalue weighted by Gasteiger charge is -2.08. The Morgan fingerprint density at radius 2 is 2.08 bits per heavy atom. The van der Waals surface area contributed by atoms with Crippen molar-refractivity contribution in [2.24, 2.45) is 7.05 Å². The number of rotatable bonds is 0. The van der Waals surface area contributed by atoms with Crippen LogP contribution >= 0.6 is 0 Å². The van der Waals surface area contributed by atoms with Crippen LogP contribution in [0.15, 0.2) is 41.3 Å². The Morgan fingerprint density at radius 3 is 2.92 bits per heavy atom. The number of hydrogen-bond donors (Lipinski definition) is 0. The third-order valence-corrected chi connectivity index (χ3v) is 1.97. The average molecular weight is 159 g/mol. The van der Waals surface area contributed by atoms with Crippen LogP contribution in [0, 0.1) is 0 Å². The highest BCUT2D eigenvalue weighted by Gasteiger charge is 2.01. The van der Waals surface area contributed by atoms with Crippen molar-refractivity contribution in [3.8, 4) is 11.3 Å². The summed E-state index contributed by atoms with van der Waals surface area (Å²) in [5, 5.41) is 0. The fraction of sp³-hybridized carbons (Fsp3) is 0.100. The number of aromatic nitrogens is 1. The van der Waals surface area contributed by atoms with Crippen LogP contribution in [0.1, 0.15) is 0 Å². The van der Waals surface area contributed by atoms with Crippen molar-refractivity contribution in [1.29, 1.82) is 0 Å². The molecule has 2 nitrogen and oxygen atoms in total. The summed E-state index contributed by atoms with van der Waals surface area (Å²) in [7, 11) is 1.93. The zero-order chi connectivity index (χ0) is 8.55. The largest absolute Gasteiger partial charge is 0.350 e. The lowest BCUT2D eigenvalue weighted by molar-refractivity contribution is 0.911. The molecule has 12 heavy (non-hydrogen) atoms. The van der Waals surface area contributed by atoms with Crippen molar-refractivity contribution >= 4 is 0 Å². The first-order valence-corrected chi connectivity index (χ1v) is 3.83. The molecule has 0 atom stereocenters. The highest BCUT2D eigenvalue weighted by atomic mass is 16.1. The first-order chi connectivity index (χ1) is 5.77. The van der Waals surface area contributed by atoms with Crippen LogP contribution in [-0.2, 0) is 7.05 Å². The number of fused-ring (bicyclic) bond motifs is 1. The Bertz CT molecular complexity index is 430. The molecule has 2 rings (SSSR count). The molecule has 2 heteroatoms. The SMILES string of the molecule is Cn1cccc2ccc(=O)cc1-2. The Kier molecular flexibility index (Phi) is 1.47. The summed E-state index contributed by atoms with van der Waals surface area (Å²) in [5.41, 5.74) is 2.13. The molecular formula is C10H9NO. The Morgan fingerprint density at radius 1 is 1.25 bits per heavy atom. The first kappa shape index (κ1) is 7.10. The average Bonchev–Trinajstić information content (AvgIpc) is 2.07. The van der Waals surface area contributed by atoms with Gasteiger partial charge in [0.05, 0.1) is 5.69 Å². The highest BCUT2D eigenvalue weighted by Crippen LogP contribution is 2.16. The topological polar surface area (TPSA) is 22.0 Å². The van der Waals surface area contributed by atoms with Gasteiger partial charge in [-0.25, -0.2) is 0 Å². The Hall–Kier alpha value is -1.57. The summed E-state index contributed by atoms with van der Waals surface area (Å²) in [6, 6.07) is 9.04. The van der Waals surface area contributed by atoms with E-state index >= 15 is 0 Å². The lowest BCUT2D eigenvalue weighted by atomic mass is 10.1. The van der Waals surface area contributed by atoms with E-state index in [1.165, 1.54) is 0 Å². The van der Waals surface area contributed by atoms with Crippen LogP contribution in [0.25, 0.3) is 11.3 Å². The minimum Gasteiger partial charge on any atom is -0.350 e. The van der Waals surface area contributed by atoms with Gasteiger partial charge in [0.15, 0.2) is 5.43 Å². The number of nitrogens with zero attached hydrogens (tertiary/aromatic N) is 1. The second-order valence-electron chi connectivity index (χ2n) is 2.84. The number of pyridine rings is 1. The van der Waals surface area contributed by atoms with Gasteiger partial charge in [0.25, 0.3) is 0 Å². The zero-order valence-corrected chi connectivity index (χ0v) is 6.82. The van der Waals surface area contributed by atoms with Gasteiger partial charge < -0.3 is 4.57 Å². The van der Waals surface area contributed by atoms with Gasteiger partial charge in [-0.1, -0.05) is 6.07 Å². The molecule has 0 N–H and O–H groups in total. The number of hydrogen-bond acceptors (Lipinski definition) is 1. The third kappa shape index (κ3) is 1.01. The van der Waals surface area contributed by atoms with Crippen molar-refractivity contribution in [3.05, 3.63) is 46.8 Å². The molecule has 0 aromatic carbocycles. The van der Waals surface area contributed by atoms with E-state index in [2.05, 4.69) is 0 Å². The maximum atomic E-state index is 11.0. The monoisotopic (exact) mass is 159 g/mol. The molecular weight excluding hydrogens is 150 g/mol. The summed E-state index contributed by atoms with van der Waals surface area (Å²) in [5.74, 6) is 0. The molecule has 1 heterocycles. The maximum Gasteiger partial charge on any atom is 0.180 e. The first-order valence-electron chi connectivity index (χ1n) is 3.83. The van der Waals surface area contributed by atoms with Gasteiger partial charge >= 0.3 is 0 Å². The molecule has 1 aliphatic carbocycles. The predicted molar refractivity (Wildman–Crippen MR) is 48.3 cm³/mol. The number of benzene rings is 1. The van der Waals surface area contributed by atoms with Crippen LogP contribution in [0.5, 0.6) is 0 Å². The van der Waals surface area contributed by atoms with Gasteiger partial charge in [-0.05, 0) is 23.8 Å². The second-order valence-corrected chi connectivity index (χ2v) is 2.84. The molecule has 0 aromatic heterocycles. The van der Waals surface area contributed by atoms with Crippen LogP contribution in [-0.4, -0.2) is 4.57 Å². The minimum absolute atomic E-state index is 0.0595. The molecule has 0 saturated carbocycles. The van der Waals surface area contributed by atoms with E-state index in [9.17, 15) is 4.79 Å². The molecule has 0 spiro atoms. The summed E-state index contributed by atoms with van der Waals surface area (Å²) in [6.45, 7) is 0. The fourth-order valence-electron chi connectivity index (χ4n) is 1.33. The molecule has 60 valence electrons. The summed E-state index contributed by atoms with van der Waals surface area (Å²) >= 11 is 0. The fourth-order valence-corrected chi connectivity index (χ4v) is 1.33. The number of aryl methyl sites for hydroxylation is 1. The van der Waals surface area contributed by atoms with Gasteiger partial charge in [0, 0.05) is 19.3 Å². The summed E-state index contributed by atoms with van der Waals surface area (Å²) in [4.78, 5) is 11.0. The van der Waals surface area contributed by atoms with Crippen molar-refractivity contribution in [2.75, 3.05) is 0 Å². The Labute approximate surface area is 70.4 Å². The van der Waals surface area contributed by atoms with E-state index < -0.39 is 0 Å². The minimum atomic E-state index is 0.0595. The molecule has 0 aromatic rings. The predicted octanol–water partition coefficient (Wildman–Crippen LogP) is 1.49. The van der Waals surface area contributed by atoms with Gasteiger partial charge in [-0.3, -0.25) is 4.79 Å². The molecule has 0 unspecified atom stereocenters. The standard InChI is InChI=1S/C10H9NO/c1-11-6-2-3-8-4-5-9(12)7-10(8)11/h2-7H,1H3. The second kappa shape index (κ2) is 2.48. The maximum absolute atomic E-state index is 11.0. The van der Waals surface area contributed by atoms with Crippen molar-refractivity contribution in [2.45, 2.75) is 0 Å². The van der Waals surface area contributed by atoms with E-state index in [-0.39, 0.29) is 5.43 Å². The van der Waals surface area contributed by atoms with Crippen LogP contribution < -0.4 is 5.43 Å². The molecule has 0 saturated heterocycles. The molecule has 0 amide bonds. The van der Waals surface area contributed by atoms with Crippen LogP contribution in [0.2, 0.25) is 0 Å². The molecule has 0 radical (unpaired) electrons.